The summed E-state index contributed by atoms with van der Waals surface area (Å²) in [5.74, 6) is 2.28. The van der Waals surface area contributed by atoms with Crippen molar-refractivity contribution in [1.82, 2.24) is 10.6 Å². The molecule has 2 aromatic rings. The van der Waals surface area contributed by atoms with Crippen LogP contribution in [0.2, 0.25) is 0 Å². The minimum Gasteiger partial charge on any atom is -0.469 e. The van der Waals surface area contributed by atoms with Gasteiger partial charge in [0.05, 0.1) is 17.7 Å². The fraction of sp³-hybridized carbons (Fsp3) is 0.500. The number of nitrogens with two attached hydrogens (primary N) is 1. The maximum atomic E-state index is 11.4. The number of unbranched alkanes of at least 4 members (excludes halogenated alkanes) is 1. The van der Waals surface area contributed by atoms with Gasteiger partial charge in [-0.05, 0) is 42.2 Å². The van der Waals surface area contributed by atoms with Gasteiger partial charge in [-0.3, -0.25) is 0 Å². The molecule has 2 rings (SSSR count). The van der Waals surface area contributed by atoms with Gasteiger partial charge in [0.25, 0.3) is 0 Å². The van der Waals surface area contributed by atoms with Crippen LogP contribution in [0.15, 0.2) is 57.0 Å². The van der Waals surface area contributed by atoms with Crippen molar-refractivity contribution < 1.29 is 12.8 Å². The number of furan rings is 1. The largest absolute Gasteiger partial charge is 0.469 e. The monoisotopic (exact) mass is 562 g/mol. The van der Waals surface area contributed by atoms with Crippen molar-refractivity contribution in [1.29, 1.82) is 0 Å². The predicted octanol–water partition coefficient (Wildman–Crippen LogP) is 4.04. The van der Waals surface area contributed by atoms with Gasteiger partial charge in [-0.25, -0.2) is 18.5 Å². The molecule has 0 aliphatic heterocycles. The number of guanidine groups is 1. The van der Waals surface area contributed by atoms with E-state index in [1.807, 2.05) is 12.1 Å². The first-order chi connectivity index (χ1) is 14.4. The number of hydrogen-bond acceptors (Lipinski definition) is 4. The zero-order valence-electron chi connectivity index (χ0n) is 18.3. The highest BCUT2D eigenvalue weighted by atomic mass is 127. The summed E-state index contributed by atoms with van der Waals surface area (Å²) in [7, 11) is -3.68. The molecule has 1 heterocycles. The SMILES string of the molecule is CCCCC(CC)CNC(=NCc1ccc(S(N)(=O)=O)cc1)NCCc1ccco1.I. The Morgan fingerprint density at radius 1 is 1.16 bits per heavy atom. The number of nitrogens with one attached hydrogen (secondary N) is 2. The number of nitrogens with zero attached hydrogens (tertiary/aromatic N) is 1. The van der Waals surface area contributed by atoms with Crippen LogP contribution in [0, 0.1) is 5.92 Å². The number of sulfonamides is 1. The number of halogens is 1. The lowest BCUT2D eigenvalue weighted by Crippen LogP contribution is -2.40. The molecule has 174 valence electrons. The summed E-state index contributed by atoms with van der Waals surface area (Å²) in [4.78, 5) is 4.78. The quantitative estimate of drug-likeness (QED) is 0.206. The number of aliphatic imine (C=N–C) groups is 1. The second kappa shape index (κ2) is 14.5. The average Bonchev–Trinajstić information content (AvgIpc) is 3.24. The number of hydrogen-bond donors (Lipinski definition) is 3. The first kappa shape index (κ1) is 27.4. The van der Waals surface area contributed by atoms with Gasteiger partial charge in [-0.15, -0.1) is 24.0 Å². The van der Waals surface area contributed by atoms with Crippen molar-refractivity contribution in [2.45, 2.75) is 57.4 Å². The number of rotatable bonds is 12. The summed E-state index contributed by atoms with van der Waals surface area (Å²) in [6, 6.07) is 10.3. The van der Waals surface area contributed by atoms with E-state index in [0.717, 1.165) is 36.7 Å². The predicted molar refractivity (Wildman–Crippen MR) is 136 cm³/mol. The molecule has 0 fully saturated rings. The molecule has 1 aromatic carbocycles. The summed E-state index contributed by atoms with van der Waals surface area (Å²) in [6.45, 7) is 6.44. The van der Waals surface area contributed by atoms with Gasteiger partial charge in [0, 0.05) is 19.5 Å². The van der Waals surface area contributed by atoms with Crippen LogP contribution in [0.5, 0.6) is 0 Å². The molecule has 0 saturated carbocycles. The van der Waals surface area contributed by atoms with E-state index < -0.39 is 10.0 Å². The lowest BCUT2D eigenvalue weighted by molar-refractivity contribution is 0.443. The topological polar surface area (TPSA) is 110 Å². The third kappa shape index (κ3) is 10.5. The van der Waals surface area contributed by atoms with Crippen molar-refractivity contribution in [2.24, 2.45) is 16.0 Å². The maximum Gasteiger partial charge on any atom is 0.238 e. The van der Waals surface area contributed by atoms with Crippen molar-refractivity contribution in [3.8, 4) is 0 Å². The van der Waals surface area contributed by atoms with Gasteiger partial charge in [0.15, 0.2) is 5.96 Å². The molecule has 7 nitrogen and oxygen atoms in total. The zero-order valence-corrected chi connectivity index (χ0v) is 21.5. The zero-order chi connectivity index (χ0) is 21.8. The maximum absolute atomic E-state index is 11.4. The van der Waals surface area contributed by atoms with Gasteiger partial charge in [0.2, 0.25) is 10.0 Å². The Morgan fingerprint density at radius 2 is 1.90 bits per heavy atom. The van der Waals surface area contributed by atoms with E-state index >= 15 is 0 Å². The molecule has 1 atom stereocenters. The van der Waals surface area contributed by atoms with Crippen LogP contribution in [0.25, 0.3) is 0 Å². The summed E-state index contributed by atoms with van der Waals surface area (Å²) in [5, 5.41) is 12.0. The lowest BCUT2D eigenvalue weighted by Gasteiger charge is -2.18. The van der Waals surface area contributed by atoms with E-state index in [4.69, 9.17) is 9.56 Å². The first-order valence-corrected chi connectivity index (χ1v) is 12.1. The molecule has 1 unspecified atom stereocenters. The molecule has 4 N–H and O–H groups in total. The van der Waals surface area contributed by atoms with E-state index in [2.05, 4.69) is 29.5 Å². The molecule has 0 aliphatic rings. The van der Waals surface area contributed by atoms with Crippen LogP contribution in [-0.2, 0) is 23.0 Å². The van der Waals surface area contributed by atoms with E-state index in [-0.39, 0.29) is 28.9 Å². The minimum absolute atomic E-state index is 0. The van der Waals surface area contributed by atoms with Crippen molar-refractivity contribution in [2.75, 3.05) is 13.1 Å². The Labute approximate surface area is 203 Å². The Hall–Kier alpha value is -1.59. The van der Waals surface area contributed by atoms with Crippen LogP contribution in [0.3, 0.4) is 0 Å². The standard InChI is InChI=1S/C22H34N4O3S.HI/c1-3-5-7-18(4-2)16-25-22(24-14-13-20-8-6-15-29-20)26-17-19-9-11-21(12-10-19)30(23,27)28;/h6,8-12,15,18H,3-5,7,13-14,16-17H2,1-2H3,(H2,23,27,28)(H2,24,25,26);1H. The van der Waals surface area contributed by atoms with Gasteiger partial charge < -0.3 is 15.1 Å². The molecule has 0 spiro atoms. The molecule has 0 radical (unpaired) electrons. The van der Waals surface area contributed by atoms with Crippen LogP contribution in [0.1, 0.15) is 50.9 Å². The number of primary sulfonamides is 1. The summed E-state index contributed by atoms with van der Waals surface area (Å²) in [5.41, 5.74) is 0.910. The summed E-state index contributed by atoms with van der Waals surface area (Å²) in [6.07, 6.45) is 7.20. The molecule has 0 amide bonds. The molecule has 0 bridgehead atoms. The summed E-state index contributed by atoms with van der Waals surface area (Å²) >= 11 is 0. The second-order valence-electron chi connectivity index (χ2n) is 7.41. The third-order valence-corrected chi connectivity index (χ3v) is 5.95. The molecule has 9 heteroatoms. The van der Waals surface area contributed by atoms with Gasteiger partial charge >= 0.3 is 0 Å². The fourth-order valence-corrected chi connectivity index (χ4v) is 3.59. The molecular formula is C22H35IN4O3S. The first-order valence-electron chi connectivity index (χ1n) is 10.6. The molecule has 0 aliphatic carbocycles. The van der Waals surface area contributed by atoms with Crippen molar-refractivity contribution in [3.05, 3.63) is 54.0 Å². The van der Waals surface area contributed by atoms with E-state index in [9.17, 15) is 8.42 Å². The highest BCUT2D eigenvalue weighted by molar-refractivity contribution is 14.0. The highest BCUT2D eigenvalue weighted by Gasteiger charge is 2.09. The van der Waals surface area contributed by atoms with Gasteiger partial charge in [-0.1, -0.05) is 45.2 Å². The van der Waals surface area contributed by atoms with E-state index in [0.29, 0.717) is 19.0 Å². The van der Waals surface area contributed by atoms with Crippen LogP contribution >= 0.6 is 24.0 Å². The smallest absolute Gasteiger partial charge is 0.238 e. The highest BCUT2D eigenvalue weighted by Crippen LogP contribution is 2.12. The Bertz CT molecular complexity index is 869. The van der Waals surface area contributed by atoms with Gasteiger partial charge in [-0.2, -0.15) is 0 Å². The van der Waals surface area contributed by atoms with E-state index in [1.165, 1.54) is 31.4 Å². The Balaban J connectivity index is 0.00000480. The second-order valence-corrected chi connectivity index (χ2v) is 8.97. The van der Waals surface area contributed by atoms with Crippen molar-refractivity contribution >= 4 is 40.0 Å². The normalized spacial score (nSPS) is 12.8. The third-order valence-electron chi connectivity index (χ3n) is 5.02. The lowest BCUT2D eigenvalue weighted by atomic mass is 9.99. The Morgan fingerprint density at radius 3 is 2.48 bits per heavy atom. The van der Waals surface area contributed by atoms with Crippen LogP contribution in [-0.4, -0.2) is 27.5 Å². The van der Waals surface area contributed by atoms with E-state index in [1.54, 1.807) is 18.4 Å². The van der Waals surface area contributed by atoms with Crippen LogP contribution < -0.4 is 15.8 Å². The average molecular weight is 563 g/mol. The van der Waals surface area contributed by atoms with Crippen molar-refractivity contribution in [3.63, 3.8) is 0 Å². The fourth-order valence-electron chi connectivity index (χ4n) is 3.07. The van der Waals surface area contributed by atoms with Gasteiger partial charge in [0.1, 0.15) is 5.76 Å². The molecule has 0 saturated heterocycles. The molecule has 1 aromatic heterocycles. The molecular weight excluding hydrogens is 527 g/mol. The molecule has 31 heavy (non-hydrogen) atoms. The number of benzene rings is 1. The minimum atomic E-state index is -3.68. The van der Waals surface area contributed by atoms with Crippen LogP contribution in [0.4, 0.5) is 0 Å². The summed E-state index contributed by atoms with van der Waals surface area (Å²) < 4.78 is 28.2. The Kier molecular flexibility index (Phi) is 12.8.